The van der Waals surface area contributed by atoms with Crippen molar-refractivity contribution in [3.8, 4) is 0 Å². The van der Waals surface area contributed by atoms with E-state index >= 15 is 0 Å². The molecular formula is C75H143NO5. The zero-order chi connectivity index (χ0) is 58.5. The molecular weight excluding hydrogens is 995 g/mol. The van der Waals surface area contributed by atoms with E-state index in [4.69, 9.17) is 4.74 Å². The topological polar surface area (TPSA) is 95.9 Å². The molecule has 0 rings (SSSR count). The third kappa shape index (κ3) is 67.1. The van der Waals surface area contributed by atoms with Gasteiger partial charge in [-0.3, -0.25) is 9.59 Å². The highest BCUT2D eigenvalue weighted by atomic mass is 16.5. The number of aliphatic hydroxyl groups excluding tert-OH is 2. The van der Waals surface area contributed by atoms with Gasteiger partial charge in [-0.05, 0) is 64.2 Å². The van der Waals surface area contributed by atoms with E-state index in [2.05, 4.69) is 43.5 Å². The quantitative estimate of drug-likeness (QED) is 0.0320. The van der Waals surface area contributed by atoms with Gasteiger partial charge in [-0.25, -0.2) is 0 Å². The van der Waals surface area contributed by atoms with Gasteiger partial charge in [0.1, 0.15) is 0 Å². The Balaban J connectivity index is 3.30. The summed E-state index contributed by atoms with van der Waals surface area (Å²) in [4.78, 5) is 24.6. The molecule has 0 aromatic heterocycles. The minimum Gasteiger partial charge on any atom is -0.466 e. The smallest absolute Gasteiger partial charge is 0.305 e. The van der Waals surface area contributed by atoms with Crippen LogP contribution in [-0.2, 0) is 14.3 Å². The Morgan fingerprint density at radius 1 is 0.346 bits per heavy atom. The second-order valence-electron chi connectivity index (χ2n) is 25.3. The minimum absolute atomic E-state index is 0.0149. The number of carbonyl (C=O) groups excluding carboxylic acids is 2. The molecule has 81 heavy (non-hydrogen) atoms. The average molecular weight is 1140 g/mol. The Morgan fingerprint density at radius 3 is 0.963 bits per heavy atom. The van der Waals surface area contributed by atoms with Crippen LogP contribution in [0.25, 0.3) is 0 Å². The Labute approximate surface area is 506 Å². The van der Waals surface area contributed by atoms with Crippen molar-refractivity contribution in [2.45, 2.75) is 418 Å². The average Bonchev–Trinajstić information content (AvgIpc) is 3.47. The monoisotopic (exact) mass is 1140 g/mol. The summed E-state index contributed by atoms with van der Waals surface area (Å²) in [5.74, 6) is -0.0468. The SMILES string of the molecule is CCCCC/C=C\C/C=C\CCCCCCCCCC(=O)OCCCCCCCCCCCCCCCCCCCCCCCCCCCCCCCCCCCCCC(=O)NC(CO)C(O)/C=C/CCCCCCCCCCCC. The van der Waals surface area contributed by atoms with E-state index in [0.717, 1.165) is 51.4 Å². The fraction of sp³-hybridized carbons (Fsp3) is 0.893. The lowest BCUT2D eigenvalue weighted by atomic mass is 10.0. The molecule has 0 spiro atoms. The van der Waals surface area contributed by atoms with Crippen LogP contribution in [0.5, 0.6) is 0 Å². The third-order valence-corrected chi connectivity index (χ3v) is 17.2. The van der Waals surface area contributed by atoms with Gasteiger partial charge in [-0.15, -0.1) is 0 Å². The van der Waals surface area contributed by atoms with Crippen molar-refractivity contribution in [3.63, 3.8) is 0 Å². The largest absolute Gasteiger partial charge is 0.466 e. The fourth-order valence-corrected chi connectivity index (χ4v) is 11.6. The van der Waals surface area contributed by atoms with E-state index in [0.29, 0.717) is 19.4 Å². The van der Waals surface area contributed by atoms with Crippen LogP contribution in [0.15, 0.2) is 36.5 Å². The number of ether oxygens (including phenoxy) is 1. The second-order valence-corrected chi connectivity index (χ2v) is 25.3. The highest BCUT2D eigenvalue weighted by molar-refractivity contribution is 5.76. The second kappa shape index (κ2) is 70.6. The molecule has 0 saturated carbocycles. The summed E-state index contributed by atoms with van der Waals surface area (Å²) in [7, 11) is 0. The number of unbranched alkanes of at least 4 members (excludes halogenated alkanes) is 54. The van der Waals surface area contributed by atoms with E-state index in [1.165, 1.54) is 327 Å². The molecule has 478 valence electrons. The van der Waals surface area contributed by atoms with Crippen LogP contribution < -0.4 is 5.32 Å². The molecule has 0 fully saturated rings. The molecule has 0 bridgehead atoms. The summed E-state index contributed by atoms with van der Waals surface area (Å²) in [6.45, 7) is 4.90. The van der Waals surface area contributed by atoms with Crippen LogP contribution in [0.4, 0.5) is 0 Å². The summed E-state index contributed by atoms with van der Waals surface area (Å²) < 4.78 is 5.50. The molecule has 0 aliphatic carbocycles. The Hall–Kier alpha value is -1.92. The lowest BCUT2D eigenvalue weighted by Gasteiger charge is -2.20. The van der Waals surface area contributed by atoms with Gasteiger partial charge in [0.25, 0.3) is 0 Å². The molecule has 0 aromatic carbocycles. The Kier molecular flexibility index (Phi) is 68.9. The molecule has 3 N–H and O–H groups in total. The van der Waals surface area contributed by atoms with Crippen LogP contribution in [0.3, 0.4) is 0 Å². The number of hydrogen-bond donors (Lipinski definition) is 3. The first-order valence-electron chi connectivity index (χ1n) is 36.8. The third-order valence-electron chi connectivity index (χ3n) is 17.2. The van der Waals surface area contributed by atoms with E-state index < -0.39 is 12.1 Å². The van der Waals surface area contributed by atoms with E-state index in [-0.39, 0.29) is 18.5 Å². The zero-order valence-corrected chi connectivity index (χ0v) is 54.8. The van der Waals surface area contributed by atoms with Crippen molar-refractivity contribution in [1.82, 2.24) is 5.32 Å². The van der Waals surface area contributed by atoms with Crippen LogP contribution in [0.1, 0.15) is 406 Å². The minimum atomic E-state index is -0.839. The van der Waals surface area contributed by atoms with Gasteiger partial charge in [0.15, 0.2) is 0 Å². The molecule has 0 heterocycles. The number of nitrogens with one attached hydrogen (secondary N) is 1. The van der Waals surface area contributed by atoms with E-state index in [1.807, 2.05) is 6.08 Å². The maximum absolute atomic E-state index is 12.5. The van der Waals surface area contributed by atoms with Crippen molar-refractivity contribution < 1.29 is 24.5 Å². The highest BCUT2D eigenvalue weighted by Gasteiger charge is 2.18. The van der Waals surface area contributed by atoms with Gasteiger partial charge in [0.05, 0.1) is 25.4 Å². The standard InChI is InChI=1S/C75H143NO5/c1-3-5-7-9-11-13-15-17-18-38-42-45-49-53-57-61-65-69-75(80)81-70-66-62-58-54-50-46-43-40-37-35-33-31-29-27-25-23-21-19-20-22-24-26-28-30-32-34-36-39-41-44-48-52-56-60-64-68-74(79)76-72(71-77)73(78)67-63-59-55-51-47-16-14-12-10-8-6-4-2/h11,13,17-18,63,67,72-73,77-78H,3-10,12,14-16,19-62,64-66,68-71H2,1-2H3,(H,76,79)/b13-11-,18-17-,67-63+. The summed E-state index contributed by atoms with van der Waals surface area (Å²) in [6, 6.07) is -0.622. The van der Waals surface area contributed by atoms with E-state index in [9.17, 15) is 19.8 Å². The molecule has 6 heteroatoms. The highest BCUT2D eigenvalue weighted by Crippen LogP contribution is 2.19. The van der Waals surface area contributed by atoms with Crippen LogP contribution in [0, 0.1) is 0 Å². The van der Waals surface area contributed by atoms with Crippen molar-refractivity contribution in [2.75, 3.05) is 13.2 Å². The predicted octanol–water partition coefficient (Wildman–Crippen LogP) is 23.9. The van der Waals surface area contributed by atoms with Crippen molar-refractivity contribution in [3.05, 3.63) is 36.5 Å². The number of aliphatic hydroxyl groups is 2. The van der Waals surface area contributed by atoms with Gasteiger partial charge in [-0.2, -0.15) is 0 Å². The van der Waals surface area contributed by atoms with E-state index in [1.54, 1.807) is 6.08 Å². The molecule has 1 amide bonds. The lowest BCUT2D eigenvalue weighted by Crippen LogP contribution is -2.45. The number of amides is 1. The lowest BCUT2D eigenvalue weighted by molar-refractivity contribution is -0.143. The van der Waals surface area contributed by atoms with Crippen molar-refractivity contribution in [2.24, 2.45) is 0 Å². The molecule has 0 aliphatic rings. The first kappa shape index (κ1) is 79.1. The summed E-state index contributed by atoms with van der Waals surface area (Å²) in [5, 5.41) is 23.1. The Bertz CT molecular complexity index is 1310. The maximum atomic E-state index is 12.5. The fourth-order valence-electron chi connectivity index (χ4n) is 11.6. The molecule has 2 unspecified atom stereocenters. The Morgan fingerprint density at radius 2 is 0.617 bits per heavy atom. The first-order chi connectivity index (χ1) is 40.0. The van der Waals surface area contributed by atoms with Gasteiger partial charge < -0.3 is 20.3 Å². The van der Waals surface area contributed by atoms with Gasteiger partial charge in [0.2, 0.25) is 5.91 Å². The maximum Gasteiger partial charge on any atom is 0.305 e. The van der Waals surface area contributed by atoms with Gasteiger partial charge in [0, 0.05) is 12.8 Å². The number of carbonyl (C=O) groups is 2. The number of allylic oxidation sites excluding steroid dienone is 5. The van der Waals surface area contributed by atoms with Crippen LogP contribution in [-0.4, -0.2) is 47.4 Å². The molecule has 0 saturated heterocycles. The number of rotatable bonds is 69. The molecule has 0 aromatic rings. The van der Waals surface area contributed by atoms with Gasteiger partial charge >= 0.3 is 5.97 Å². The summed E-state index contributed by atoms with van der Waals surface area (Å²) in [6.07, 6.45) is 91.1. The zero-order valence-electron chi connectivity index (χ0n) is 54.8. The van der Waals surface area contributed by atoms with Crippen molar-refractivity contribution >= 4 is 11.9 Å². The van der Waals surface area contributed by atoms with Gasteiger partial charge in [-0.1, -0.05) is 365 Å². The van der Waals surface area contributed by atoms with Crippen LogP contribution in [0.2, 0.25) is 0 Å². The molecule has 0 aliphatic heterocycles. The van der Waals surface area contributed by atoms with Crippen LogP contribution >= 0.6 is 0 Å². The number of esters is 1. The van der Waals surface area contributed by atoms with Crippen molar-refractivity contribution in [1.29, 1.82) is 0 Å². The summed E-state index contributed by atoms with van der Waals surface area (Å²) in [5.41, 5.74) is 0. The predicted molar refractivity (Wildman–Crippen MR) is 356 cm³/mol. The normalized spacial score (nSPS) is 12.7. The molecule has 2 atom stereocenters. The summed E-state index contributed by atoms with van der Waals surface area (Å²) >= 11 is 0. The molecule has 0 radical (unpaired) electrons. The number of hydrogen-bond acceptors (Lipinski definition) is 5. The first-order valence-corrected chi connectivity index (χ1v) is 36.8. The molecule has 6 nitrogen and oxygen atoms in total.